The van der Waals surface area contributed by atoms with E-state index in [1.165, 1.54) is 16.9 Å². The van der Waals surface area contributed by atoms with E-state index in [1.54, 1.807) is 0 Å². The van der Waals surface area contributed by atoms with Crippen LogP contribution in [0, 0.1) is 13.8 Å². The molecule has 0 aliphatic rings. The lowest BCUT2D eigenvalue weighted by atomic mass is 10.1. The molecule has 28 heavy (non-hydrogen) atoms. The van der Waals surface area contributed by atoms with Crippen molar-refractivity contribution in [1.82, 2.24) is 15.1 Å². The lowest BCUT2D eigenvalue weighted by molar-refractivity contribution is 0.0958. The van der Waals surface area contributed by atoms with Crippen molar-refractivity contribution >= 4 is 39.1 Å². The standard InChI is InChI=1S/C22H20ClN3OS/c1-14-4-3-5-18(12-14)26-22-19(15(2)25-26)13-20(28-22)21(27)24-11-10-16-6-8-17(23)9-7-16/h3-9,12-13H,10-11H2,1-2H3,(H,24,27). The van der Waals surface area contributed by atoms with Gasteiger partial charge in [-0.05, 0) is 61.7 Å². The van der Waals surface area contributed by atoms with Gasteiger partial charge in [0.15, 0.2) is 0 Å². The Bertz CT molecular complexity index is 1140. The maximum atomic E-state index is 12.6. The fourth-order valence-corrected chi connectivity index (χ4v) is 4.38. The lowest BCUT2D eigenvalue weighted by Gasteiger charge is -2.05. The Balaban J connectivity index is 1.52. The zero-order valence-corrected chi connectivity index (χ0v) is 17.3. The van der Waals surface area contributed by atoms with Gasteiger partial charge in [0, 0.05) is 17.0 Å². The molecule has 0 saturated heterocycles. The average Bonchev–Trinajstić information content (AvgIpc) is 3.24. The average molecular weight is 410 g/mol. The van der Waals surface area contributed by atoms with Gasteiger partial charge < -0.3 is 5.32 Å². The highest BCUT2D eigenvalue weighted by atomic mass is 35.5. The predicted molar refractivity (Wildman–Crippen MR) is 116 cm³/mol. The van der Waals surface area contributed by atoms with Crippen molar-refractivity contribution in [1.29, 1.82) is 0 Å². The zero-order valence-electron chi connectivity index (χ0n) is 15.7. The molecule has 6 heteroatoms. The number of rotatable bonds is 5. The second kappa shape index (κ2) is 7.78. The van der Waals surface area contributed by atoms with E-state index in [-0.39, 0.29) is 5.91 Å². The Hall–Kier alpha value is -2.63. The summed E-state index contributed by atoms with van der Waals surface area (Å²) in [4.78, 5) is 14.3. The van der Waals surface area contributed by atoms with Crippen LogP contribution < -0.4 is 5.32 Å². The Morgan fingerprint density at radius 2 is 1.93 bits per heavy atom. The third-order valence-electron chi connectivity index (χ3n) is 4.63. The summed E-state index contributed by atoms with van der Waals surface area (Å²) < 4.78 is 1.92. The van der Waals surface area contributed by atoms with Gasteiger partial charge >= 0.3 is 0 Å². The highest BCUT2D eigenvalue weighted by molar-refractivity contribution is 7.20. The van der Waals surface area contributed by atoms with Crippen molar-refractivity contribution in [3.63, 3.8) is 0 Å². The van der Waals surface area contributed by atoms with Gasteiger partial charge in [-0.2, -0.15) is 5.10 Å². The van der Waals surface area contributed by atoms with Crippen molar-refractivity contribution in [3.8, 4) is 5.69 Å². The van der Waals surface area contributed by atoms with Crippen LogP contribution in [0.4, 0.5) is 0 Å². The summed E-state index contributed by atoms with van der Waals surface area (Å²) in [6.07, 6.45) is 0.768. The maximum absolute atomic E-state index is 12.6. The molecule has 0 fully saturated rings. The molecule has 2 aromatic heterocycles. The highest BCUT2D eigenvalue weighted by Gasteiger charge is 2.17. The van der Waals surface area contributed by atoms with E-state index < -0.39 is 0 Å². The molecular weight excluding hydrogens is 390 g/mol. The first kappa shape index (κ1) is 18.7. The number of benzene rings is 2. The first-order valence-corrected chi connectivity index (χ1v) is 10.3. The van der Waals surface area contributed by atoms with Crippen LogP contribution in [0.15, 0.2) is 54.6 Å². The molecule has 0 unspecified atom stereocenters. The molecule has 142 valence electrons. The van der Waals surface area contributed by atoms with Crippen LogP contribution in [-0.2, 0) is 6.42 Å². The number of halogens is 1. The van der Waals surface area contributed by atoms with Gasteiger partial charge in [0.05, 0.1) is 16.3 Å². The number of fused-ring (bicyclic) bond motifs is 1. The summed E-state index contributed by atoms with van der Waals surface area (Å²) in [5.74, 6) is -0.0506. The summed E-state index contributed by atoms with van der Waals surface area (Å²) in [6.45, 7) is 4.62. The van der Waals surface area contributed by atoms with Crippen LogP contribution in [-0.4, -0.2) is 22.2 Å². The number of hydrogen-bond donors (Lipinski definition) is 1. The molecule has 1 amide bonds. The number of carbonyl (C=O) groups is 1. The summed E-state index contributed by atoms with van der Waals surface area (Å²) in [5.41, 5.74) is 4.25. The molecule has 0 aliphatic heterocycles. The number of aryl methyl sites for hydroxylation is 2. The van der Waals surface area contributed by atoms with E-state index in [4.69, 9.17) is 11.6 Å². The first-order chi connectivity index (χ1) is 13.5. The second-order valence-electron chi connectivity index (χ2n) is 6.80. The summed E-state index contributed by atoms with van der Waals surface area (Å²) in [6, 6.07) is 17.8. The molecule has 4 aromatic rings. The minimum Gasteiger partial charge on any atom is -0.351 e. The Kier molecular flexibility index (Phi) is 5.20. The van der Waals surface area contributed by atoms with Gasteiger partial charge in [-0.15, -0.1) is 11.3 Å². The van der Waals surface area contributed by atoms with Crippen LogP contribution in [0.3, 0.4) is 0 Å². The van der Waals surface area contributed by atoms with Crippen LogP contribution in [0.1, 0.15) is 26.5 Å². The summed E-state index contributed by atoms with van der Waals surface area (Å²) in [7, 11) is 0. The smallest absolute Gasteiger partial charge is 0.261 e. The number of nitrogens with zero attached hydrogens (tertiary/aromatic N) is 2. The van der Waals surface area contributed by atoms with Crippen molar-refractivity contribution < 1.29 is 4.79 Å². The van der Waals surface area contributed by atoms with Gasteiger partial charge in [0.2, 0.25) is 0 Å². The minimum absolute atomic E-state index is 0.0506. The van der Waals surface area contributed by atoms with Crippen LogP contribution in [0.5, 0.6) is 0 Å². The Morgan fingerprint density at radius 3 is 2.68 bits per heavy atom. The largest absolute Gasteiger partial charge is 0.351 e. The van der Waals surface area contributed by atoms with Gasteiger partial charge in [-0.1, -0.05) is 35.9 Å². The molecule has 0 saturated carbocycles. The molecular formula is C22H20ClN3OS. The summed E-state index contributed by atoms with van der Waals surface area (Å²) >= 11 is 7.38. The molecule has 0 bridgehead atoms. The normalized spacial score (nSPS) is 11.1. The van der Waals surface area contributed by atoms with Crippen molar-refractivity contribution in [2.45, 2.75) is 20.3 Å². The fraction of sp³-hybridized carbons (Fsp3) is 0.182. The number of nitrogens with one attached hydrogen (secondary N) is 1. The van der Waals surface area contributed by atoms with Gasteiger partial charge in [0.1, 0.15) is 4.83 Å². The molecule has 0 atom stereocenters. The topological polar surface area (TPSA) is 46.9 Å². The third kappa shape index (κ3) is 3.81. The summed E-state index contributed by atoms with van der Waals surface area (Å²) in [5, 5.41) is 9.41. The Morgan fingerprint density at radius 1 is 1.14 bits per heavy atom. The molecule has 4 rings (SSSR count). The van der Waals surface area contributed by atoms with Gasteiger partial charge in [-0.25, -0.2) is 4.68 Å². The molecule has 1 N–H and O–H groups in total. The SMILES string of the molecule is Cc1cccc(-n2nc(C)c3cc(C(=O)NCCc4ccc(Cl)cc4)sc32)c1. The second-order valence-corrected chi connectivity index (χ2v) is 8.27. The fourth-order valence-electron chi connectivity index (χ4n) is 3.15. The van der Waals surface area contributed by atoms with Crippen LogP contribution in [0.2, 0.25) is 5.02 Å². The number of amides is 1. The van der Waals surface area contributed by atoms with Gasteiger partial charge in [-0.3, -0.25) is 4.79 Å². The number of hydrogen-bond acceptors (Lipinski definition) is 3. The zero-order chi connectivity index (χ0) is 19.7. The minimum atomic E-state index is -0.0506. The highest BCUT2D eigenvalue weighted by Crippen LogP contribution is 2.30. The van der Waals surface area contributed by atoms with Crippen molar-refractivity contribution in [2.75, 3.05) is 6.54 Å². The lowest BCUT2D eigenvalue weighted by Crippen LogP contribution is -2.24. The molecule has 4 nitrogen and oxygen atoms in total. The van der Waals surface area contributed by atoms with E-state index in [2.05, 4.69) is 29.5 Å². The van der Waals surface area contributed by atoms with E-state index in [0.717, 1.165) is 38.6 Å². The Labute approximate surface area is 172 Å². The van der Waals surface area contributed by atoms with E-state index in [0.29, 0.717) is 11.4 Å². The third-order valence-corrected chi connectivity index (χ3v) is 5.99. The quantitative estimate of drug-likeness (QED) is 0.484. The first-order valence-electron chi connectivity index (χ1n) is 9.10. The maximum Gasteiger partial charge on any atom is 0.261 e. The van der Waals surface area contributed by atoms with Gasteiger partial charge in [0.25, 0.3) is 5.91 Å². The number of aromatic nitrogens is 2. The molecule has 0 spiro atoms. The number of carbonyl (C=O) groups excluding carboxylic acids is 1. The van der Waals surface area contributed by atoms with E-state index >= 15 is 0 Å². The van der Waals surface area contributed by atoms with Crippen molar-refractivity contribution in [2.24, 2.45) is 0 Å². The van der Waals surface area contributed by atoms with Crippen LogP contribution >= 0.6 is 22.9 Å². The number of thiophene rings is 1. The molecule has 2 heterocycles. The van der Waals surface area contributed by atoms with Crippen LogP contribution in [0.25, 0.3) is 15.9 Å². The molecule has 2 aromatic carbocycles. The molecule has 0 radical (unpaired) electrons. The monoisotopic (exact) mass is 409 g/mol. The van der Waals surface area contributed by atoms with E-state index in [1.807, 2.05) is 54.1 Å². The molecule has 0 aliphatic carbocycles. The van der Waals surface area contributed by atoms with Crippen molar-refractivity contribution in [3.05, 3.63) is 81.3 Å². The predicted octanol–water partition coefficient (Wildman–Crippen LogP) is 5.33. The van der Waals surface area contributed by atoms with E-state index in [9.17, 15) is 4.79 Å².